The van der Waals surface area contributed by atoms with Crippen LogP contribution in [0.4, 0.5) is 10.1 Å². The second-order valence-electron chi connectivity index (χ2n) is 4.96. The molecule has 19 heavy (non-hydrogen) atoms. The van der Waals surface area contributed by atoms with Crippen molar-refractivity contribution in [3.63, 3.8) is 0 Å². The lowest BCUT2D eigenvalue weighted by Gasteiger charge is -2.35. The number of hydrogen-bond acceptors (Lipinski definition) is 3. The van der Waals surface area contributed by atoms with Gasteiger partial charge in [-0.2, -0.15) is 0 Å². The minimum atomic E-state index is -0.349. The van der Waals surface area contributed by atoms with E-state index in [0.717, 1.165) is 17.7 Å². The number of benzene rings is 1. The Kier molecular flexibility index (Phi) is 3.01. The molecule has 3 atom stereocenters. The van der Waals surface area contributed by atoms with Gasteiger partial charge in [0, 0.05) is 17.5 Å². The molecule has 0 unspecified atom stereocenters. The van der Waals surface area contributed by atoms with E-state index in [-0.39, 0.29) is 29.7 Å². The number of allylic oxidation sites excluding steroid dienone is 2. The molecule has 1 aromatic carbocycles. The third-order valence-corrected chi connectivity index (χ3v) is 3.87. The van der Waals surface area contributed by atoms with Crippen LogP contribution in [0.3, 0.4) is 0 Å². The molecule has 1 aromatic rings. The molecule has 0 spiro atoms. The van der Waals surface area contributed by atoms with Crippen molar-refractivity contribution in [3.8, 4) is 0 Å². The Morgan fingerprint density at radius 3 is 3.16 bits per heavy atom. The van der Waals surface area contributed by atoms with Gasteiger partial charge in [0.05, 0.1) is 6.61 Å². The Hall–Kier alpha value is -1.84. The Morgan fingerprint density at radius 1 is 1.53 bits per heavy atom. The van der Waals surface area contributed by atoms with Crippen LogP contribution in [0.2, 0.25) is 0 Å². The first-order chi connectivity index (χ1) is 9.20. The highest BCUT2D eigenvalue weighted by molar-refractivity contribution is 5.82. The summed E-state index contributed by atoms with van der Waals surface area (Å²) >= 11 is 0. The van der Waals surface area contributed by atoms with Gasteiger partial charge in [0.2, 0.25) is 0 Å². The van der Waals surface area contributed by atoms with Crippen LogP contribution in [0.15, 0.2) is 30.4 Å². The molecule has 0 amide bonds. The van der Waals surface area contributed by atoms with E-state index in [2.05, 4.69) is 17.5 Å². The molecule has 4 heteroatoms. The van der Waals surface area contributed by atoms with Crippen molar-refractivity contribution in [2.24, 2.45) is 5.92 Å². The number of carbonyl (C=O) groups excluding carboxylic acids is 1. The fourth-order valence-electron chi connectivity index (χ4n) is 3.03. The number of hydrogen-bond donors (Lipinski definition) is 1. The quantitative estimate of drug-likeness (QED) is 0.657. The number of anilines is 1. The molecule has 1 aliphatic carbocycles. The molecule has 0 saturated carbocycles. The number of ether oxygens (including phenoxy) is 1. The summed E-state index contributed by atoms with van der Waals surface area (Å²) < 4.78 is 18.5. The zero-order valence-corrected chi connectivity index (χ0v) is 10.7. The van der Waals surface area contributed by atoms with Crippen molar-refractivity contribution < 1.29 is 13.9 Å². The van der Waals surface area contributed by atoms with E-state index in [1.807, 2.05) is 0 Å². The minimum Gasteiger partial charge on any atom is -0.464 e. The summed E-state index contributed by atoms with van der Waals surface area (Å²) in [6.07, 6.45) is 4.94. The summed E-state index contributed by atoms with van der Waals surface area (Å²) in [4.78, 5) is 12.0. The third kappa shape index (κ3) is 2.01. The molecule has 100 valence electrons. The van der Waals surface area contributed by atoms with Crippen molar-refractivity contribution in [2.75, 3.05) is 11.9 Å². The molecule has 2 aliphatic rings. The predicted octanol–water partition coefficient (Wildman–Crippen LogP) is 2.84. The van der Waals surface area contributed by atoms with Crippen LogP contribution in [-0.2, 0) is 9.53 Å². The van der Waals surface area contributed by atoms with Crippen molar-refractivity contribution >= 4 is 11.7 Å². The van der Waals surface area contributed by atoms with Crippen LogP contribution in [0.25, 0.3) is 0 Å². The van der Waals surface area contributed by atoms with E-state index in [0.29, 0.717) is 6.61 Å². The highest BCUT2D eigenvalue weighted by Gasteiger charge is 2.41. The first-order valence-electron chi connectivity index (χ1n) is 6.60. The summed E-state index contributed by atoms with van der Waals surface area (Å²) in [7, 11) is 0. The van der Waals surface area contributed by atoms with E-state index >= 15 is 0 Å². The molecule has 1 heterocycles. The van der Waals surface area contributed by atoms with Gasteiger partial charge in [-0.25, -0.2) is 9.18 Å². The van der Waals surface area contributed by atoms with E-state index in [1.165, 1.54) is 6.07 Å². The van der Waals surface area contributed by atoms with Crippen LogP contribution >= 0.6 is 0 Å². The normalized spacial score (nSPS) is 27.4. The molecule has 3 nitrogen and oxygen atoms in total. The summed E-state index contributed by atoms with van der Waals surface area (Å²) in [5.41, 5.74) is 1.76. The number of esters is 1. The Balaban J connectivity index is 1.97. The summed E-state index contributed by atoms with van der Waals surface area (Å²) in [6, 6.07) is 4.31. The molecule has 0 radical (unpaired) electrons. The smallest absolute Gasteiger partial charge is 0.328 e. The molecule has 0 fully saturated rings. The van der Waals surface area contributed by atoms with Crippen LogP contribution in [0.5, 0.6) is 0 Å². The fourth-order valence-corrected chi connectivity index (χ4v) is 3.03. The molecule has 1 aliphatic heterocycles. The standard InChI is InChI=1S/C15H16FNO2/c1-2-19-15(18)14-11-5-3-4-10(11)12-8-9(16)6-7-13(12)17-14/h3-4,6-8,10-11,14,17H,2,5H2,1H3/t10-,11-,14-/m1/s1. The third-order valence-electron chi connectivity index (χ3n) is 3.87. The van der Waals surface area contributed by atoms with Crippen molar-refractivity contribution in [1.82, 2.24) is 0 Å². The average Bonchev–Trinajstić information content (AvgIpc) is 2.87. The zero-order valence-electron chi connectivity index (χ0n) is 10.7. The minimum absolute atomic E-state index is 0.0985. The molecule has 0 bridgehead atoms. The van der Waals surface area contributed by atoms with E-state index in [4.69, 9.17) is 4.74 Å². The summed E-state index contributed by atoms with van der Waals surface area (Å²) in [6.45, 7) is 2.17. The lowest BCUT2D eigenvalue weighted by atomic mass is 9.79. The van der Waals surface area contributed by atoms with Gasteiger partial charge in [0.15, 0.2) is 0 Å². The number of halogens is 1. The van der Waals surface area contributed by atoms with Crippen molar-refractivity contribution in [1.29, 1.82) is 0 Å². The predicted molar refractivity (Wildman–Crippen MR) is 70.4 cm³/mol. The van der Waals surface area contributed by atoms with Gasteiger partial charge in [0.25, 0.3) is 0 Å². The largest absolute Gasteiger partial charge is 0.464 e. The Bertz CT molecular complexity index is 541. The van der Waals surface area contributed by atoms with Crippen LogP contribution in [0.1, 0.15) is 24.8 Å². The first kappa shape index (κ1) is 12.2. The number of fused-ring (bicyclic) bond motifs is 3. The highest BCUT2D eigenvalue weighted by Crippen LogP contribution is 2.44. The van der Waals surface area contributed by atoms with E-state index < -0.39 is 0 Å². The maximum absolute atomic E-state index is 13.4. The lowest BCUT2D eigenvalue weighted by Crippen LogP contribution is -2.43. The molecule has 3 rings (SSSR count). The fraction of sp³-hybridized carbons (Fsp3) is 0.400. The molecule has 0 aromatic heterocycles. The second kappa shape index (κ2) is 4.68. The Labute approximate surface area is 111 Å². The number of nitrogens with one attached hydrogen (secondary N) is 1. The summed E-state index contributed by atoms with van der Waals surface area (Å²) in [5, 5.41) is 3.20. The molecule has 0 saturated heterocycles. The van der Waals surface area contributed by atoms with E-state index in [9.17, 15) is 9.18 Å². The van der Waals surface area contributed by atoms with Crippen LogP contribution in [0, 0.1) is 11.7 Å². The second-order valence-corrected chi connectivity index (χ2v) is 4.96. The van der Waals surface area contributed by atoms with Crippen molar-refractivity contribution in [3.05, 3.63) is 41.7 Å². The van der Waals surface area contributed by atoms with E-state index in [1.54, 1.807) is 19.1 Å². The molecule has 1 N–H and O–H groups in total. The number of rotatable bonds is 2. The summed E-state index contributed by atoms with van der Waals surface area (Å²) in [5.74, 6) is -0.250. The first-order valence-corrected chi connectivity index (χ1v) is 6.60. The van der Waals surface area contributed by atoms with Gasteiger partial charge >= 0.3 is 5.97 Å². The topological polar surface area (TPSA) is 38.3 Å². The average molecular weight is 261 g/mol. The van der Waals surface area contributed by atoms with Crippen LogP contribution < -0.4 is 5.32 Å². The van der Waals surface area contributed by atoms with Gasteiger partial charge in [-0.3, -0.25) is 0 Å². The molecular weight excluding hydrogens is 245 g/mol. The highest BCUT2D eigenvalue weighted by atomic mass is 19.1. The van der Waals surface area contributed by atoms with Gasteiger partial charge < -0.3 is 10.1 Å². The van der Waals surface area contributed by atoms with Gasteiger partial charge in [0.1, 0.15) is 11.9 Å². The molecular formula is C15H16FNO2. The Morgan fingerprint density at radius 2 is 2.37 bits per heavy atom. The van der Waals surface area contributed by atoms with Crippen molar-refractivity contribution in [2.45, 2.75) is 25.3 Å². The van der Waals surface area contributed by atoms with Gasteiger partial charge in [-0.05, 0) is 37.1 Å². The maximum atomic E-state index is 13.4. The number of carbonyl (C=O) groups is 1. The lowest BCUT2D eigenvalue weighted by molar-refractivity contribution is -0.145. The van der Waals surface area contributed by atoms with Gasteiger partial charge in [-0.15, -0.1) is 0 Å². The SMILES string of the molecule is CCOC(=O)[C@@H]1Nc2ccc(F)cc2[C@@H]2C=CC[C@@H]12. The zero-order chi connectivity index (χ0) is 13.4. The maximum Gasteiger partial charge on any atom is 0.328 e. The monoisotopic (exact) mass is 261 g/mol. The van der Waals surface area contributed by atoms with Crippen LogP contribution in [-0.4, -0.2) is 18.6 Å². The van der Waals surface area contributed by atoms with Gasteiger partial charge in [-0.1, -0.05) is 12.2 Å².